The minimum absolute atomic E-state index is 0.517. The average molecular weight is 454 g/mol. The van der Waals surface area contributed by atoms with Crippen molar-refractivity contribution in [3.05, 3.63) is 83.7 Å². The van der Waals surface area contributed by atoms with E-state index in [4.69, 9.17) is 0 Å². The fourth-order valence-corrected chi connectivity index (χ4v) is 4.73. The first-order valence-electron chi connectivity index (χ1n) is 12.1. The Bertz CT molecular complexity index is 1420. The molecule has 0 amide bonds. The molecule has 4 heterocycles. The Morgan fingerprint density at radius 2 is 1.76 bits per heavy atom. The maximum absolute atomic E-state index is 4.62. The summed E-state index contributed by atoms with van der Waals surface area (Å²) in [5.74, 6) is 1.37. The van der Waals surface area contributed by atoms with Gasteiger partial charge in [-0.05, 0) is 84.7 Å². The molecule has 7 nitrogen and oxygen atoms in total. The van der Waals surface area contributed by atoms with Crippen molar-refractivity contribution in [2.75, 3.05) is 5.32 Å². The van der Waals surface area contributed by atoms with Gasteiger partial charge in [-0.3, -0.25) is 0 Å². The summed E-state index contributed by atoms with van der Waals surface area (Å²) in [5, 5.41) is 12.2. The lowest BCUT2D eigenvalue weighted by Gasteiger charge is -2.16. The van der Waals surface area contributed by atoms with E-state index in [0.717, 1.165) is 35.5 Å². The number of aryl methyl sites for hydroxylation is 1. The standard InChI is InChI=1S/C27H31N7/c1-4-6-7-21(5-2)24-11-13-34-26(24)27(29-18-31-34)32-23-9-8-22(19(3)14-23)15-20-10-12-33-25(16-20)28-17-30-33/h8-14,16-18,21H,4-7,15H2,1-3H3,(H,29,31,32). The second kappa shape index (κ2) is 9.63. The van der Waals surface area contributed by atoms with Crippen LogP contribution in [0.1, 0.15) is 67.7 Å². The number of hydrogen-bond donors (Lipinski definition) is 1. The molecule has 1 aromatic carbocycles. The Morgan fingerprint density at radius 3 is 2.59 bits per heavy atom. The Balaban J connectivity index is 1.40. The minimum Gasteiger partial charge on any atom is -0.338 e. The highest BCUT2D eigenvalue weighted by molar-refractivity contribution is 5.77. The monoisotopic (exact) mass is 453 g/mol. The van der Waals surface area contributed by atoms with E-state index in [1.807, 2.05) is 16.9 Å². The highest BCUT2D eigenvalue weighted by atomic mass is 15.3. The Morgan fingerprint density at radius 1 is 0.941 bits per heavy atom. The van der Waals surface area contributed by atoms with Crippen molar-refractivity contribution < 1.29 is 0 Å². The molecule has 0 bridgehead atoms. The third kappa shape index (κ3) is 4.38. The van der Waals surface area contributed by atoms with Crippen LogP contribution < -0.4 is 5.32 Å². The van der Waals surface area contributed by atoms with Crippen molar-refractivity contribution in [1.29, 1.82) is 0 Å². The van der Waals surface area contributed by atoms with E-state index in [0.29, 0.717) is 5.92 Å². The van der Waals surface area contributed by atoms with Gasteiger partial charge in [0.2, 0.25) is 0 Å². The number of pyridine rings is 1. The van der Waals surface area contributed by atoms with Crippen LogP contribution in [0.5, 0.6) is 0 Å². The zero-order valence-electron chi connectivity index (χ0n) is 20.1. The van der Waals surface area contributed by atoms with Gasteiger partial charge in [-0.1, -0.05) is 32.8 Å². The highest BCUT2D eigenvalue weighted by Crippen LogP contribution is 2.33. The average Bonchev–Trinajstić information content (AvgIpc) is 3.49. The number of nitrogens with one attached hydrogen (secondary N) is 1. The van der Waals surface area contributed by atoms with Gasteiger partial charge in [-0.25, -0.2) is 19.0 Å². The van der Waals surface area contributed by atoms with E-state index < -0.39 is 0 Å². The maximum Gasteiger partial charge on any atom is 0.158 e. The Labute approximate surface area is 199 Å². The Hall–Kier alpha value is -3.74. The van der Waals surface area contributed by atoms with Gasteiger partial charge in [0.05, 0.1) is 0 Å². The predicted octanol–water partition coefficient (Wildman–Crippen LogP) is 6.10. The lowest BCUT2D eigenvalue weighted by atomic mass is 9.92. The van der Waals surface area contributed by atoms with Gasteiger partial charge in [-0.15, -0.1) is 0 Å². The summed E-state index contributed by atoms with van der Waals surface area (Å²) in [6.45, 7) is 6.68. The van der Waals surface area contributed by atoms with Gasteiger partial charge < -0.3 is 5.32 Å². The first-order valence-corrected chi connectivity index (χ1v) is 12.1. The van der Waals surface area contributed by atoms with Crippen molar-refractivity contribution >= 4 is 22.7 Å². The third-order valence-corrected chi connectivity index (χ3v) is 6.67. The van der Waals surface area contributed by atoms with Gasteiger partial charge >= 0.3 is 0 Å². The van der Waals surface area contributed by atoms with Gasteiger partial charge in [0, 0.05) is 18.1 Å². The summed E-state index contributed by atoms with van der Waals surface area (Å²) in [7, 11) is 0. The lowest BCUT2D eigenvalue weighted by molar-refractivity contribution is 0.573. The second-order valence-electron chi connectivity index (χ2n) is 8.96. The summed E-state index contributed by atoms with van der Waals surface area (Å²) < 4.78 is 3.73. The van der Waals surface area contributed by atoms with Crippen LogP contribution in [0.3, 0.4) is 0 Å². The summed E-state index contributed by atoms with van der Waals surface area (Å²) >= 11 is 0. The molecular formula is C27H31N7. The molecule has 1 unspecified atom stereocenters. The zero-order valence-corrected chi connectivity index (χ0v) is 20.1. The molecule has 0 aliphatic rings. The number of hydrogen-bond acceptors (Lipinski definition) is 5. The first-order chi connectivity index (χ1) is 16.7. The highest BCUT2D eigenvalue weighted by Gasteiger charge is 2.18. The van der Waals surface area contributed by atoms with E-state index >= 15 is 0 Å². The predicted molar refractivity (Wildman–Crippen MR) is 136 cm³/mol. The molecule has 0 fully saturated rings. The van der Waals surface area contributed by atoms with Crippen LogP contribution in [0.4, 0.5) is 11.5 Å². The number of fused-ring (bicyclic) bond motifs is 2. The molecule has 7 heteroatoms. The van der Waals surface area contributed by atoms with Crippen molar-refractivity contribution in [2.45, 2.75) is 58.8 Å². The molecule has 4 aromatic heterocycles. The number of aromatic nitrogens is 6. The van der Waals surface area contributed by atoms with Crippen molar-refractivity contribution in [2.24, 2.45) is 0 Å². The van der Waals surface area contributed by atoms with E-state index in [1.165, 1.54) is 41.5 Å². The Kier molecular flexibility index (Phi) is 6.25. The van der Waals surface area contributed by atoms with Crippen LogP contribution >= 0.6 is 0 Å². The number of unbranched alkanes of at least 4 members (excludes halogenated alkanes) is 1. The largest absolute Gasteiger partial charge is 0.338 e. The fourth-order valence-electron chi connectivity index (χ4n) is 4.73. The number of benzene rings is 1. The summed E-state index contributed by atoms with van der Waals surface area (Å²) in [6, 6.07) is 12.9. The van der Waals surface area contributed by atoms with Crippen LogP contribution in [-0.2, 0) is 6.42 Å². The maximum atomic E-state index is 4.62. The summed E-state index contributed by atoms with van der Waals surface area (Å²) in [4.78, 5) is 8.91. The van der Waals surface area contributed by atoms with Gasteiger partial charge in [0.25, 0.3) is 0 Å². The molecule has 1 atom stereocenters. The molecular weight excluding hydrogens is 422 g/mol. The van der Waals surface area contributed by atoms with E-state index in [1.54, 1.807) is 17.2 Å². The summed E-state index contributed by atoms with van der Waals surface area (Å²) in [5.41, 5.74) is 8.05. The number of anilines is 2. The molecule has 0 aliphatic heterocycles. The molecule has 5 rings (SSSR count). The second-order valence-corrected chi connectivity index (χ2v) is 8.96. The third-order valence-electron chi connectivity index (χ3n) is 6.67. The first kappa shape index (κ1) is 22.1. The van der Waals surface area contributed by atoms with Crippen LogP contribution in [0.15, 0.2) is 61.4 Å². The normalized spacial score (nSPS) is 12.4. The van der Waals surface area contributed by atoms with Gasteiger partial charge in [-0.2, -0.15) is 10.2 Å². The van der Waals surface area contributed by atoms with Crippen molar-refractivity contribution in [1.82, 2.24) is 29.2 Å². The molecule has 174 valence electrons. The fraction of sp³-hybridized carbons (Fsp3) is 0.333. The van der Waals surface area contributed by atoms with E-state index in [2.05, 4.69) is 82.7 Å². The quantitative estimate of drug-likeness (QED) is 0.292. The van der Waals surface area contributed by atoms with E-state index in [9.17, 15) is 0 Å². The molecule has 0 aliphatic carbocycles. The smallest absolute Gasteiger partial charge is 0.158 e. The zero-order chi connectivity index (χ0) is 23.5. The number of rotatable bonds is 9. The molecule has 0 spiro atoms. The molecule has 0 saturated carbocycles. The molecule has 1 N–H and O–H groups in total. The minimum atomic E-state index is 0.517. The van der Waals surface area contributed by atoms with Gasteiger partial charge in [0.1, 0.15) is 18.2 Å². The van der Waals surface area contributed by atoms with Crippen LogP contribution in [0, 0.1) is 6.92 Å². The summed E-state index contributed by atoms with van der Waals surface area (Å²) in [6.07, 6.45) is 12.8. The van der Waals surface area contributed by atoms with Crippen LogP contribution in [0.2, 0.25) is 0 Å². The van der Waals surface area contributed by atoms with Gasteiger partial charge in [0.15, 0.2) is 11.5 Å². The van der Waals surface area contributed by atoms with Crippen molar-refractivity contribution in [3.63, 3.8) is 0 Å². The SMILES string of the molecule is CCCCC(CC)c1ccn2ncnc(Nc3ccc(Cc4ccn5ncnc5c4)c(C)c3)c12. The molecule has 0 saturated heterocycles. The lowest BCUT2D eigenvalue weighted by Crippen LogP contribution is -2.04. The molecule has 34 heavy (non-hydrogen) atoms. The number of nitrogens with zero attached hydrogens (tertiary/aromatic N) is 6. The van der Waals surface area contributed by atoms with E-state index in [-0.39, 0.29) is 0 Å². The molecule has 5 aromatic rings. The van der Waals surface area contributed by atoms with Crippen molar-refractivity contribution in [3.8, 4) is 0 Å². The molecule has 0 radical (unpaired) electrons. The van der Waals surface area contributed by atoms with Crippen LogP contribution in [0.25, 0.3) is 11.2 Å². The topological polar surface area (TPSA) is 72.4 Å². The van der Waals surface area contributed by atoms with Crippen LogP contribution in [-0.4, -0.2) is 29.2 Å².